The number of thiophene rings is 1. The van der Waals surface area contributed by atoms with Crippen molar-refractivity contribution in [2.75, 3.05) is 13.2 Å². The molecule has 1 amide bonds. The second-order valence-corrected chi connectivity index (χ2v) is 9.24. The molecule has 0 bridgehead atoms. The van der Waals surface area contributed by atoms with Crippen LogP contribution in [0.2, 0.25) is 0 Å². The largest absolute Gasteiger partial charge is 0.376 e. The van der Waals surface area contributed by atoms with E-state index in [1.807, 2.05) is 6.92 Å². The van der Waals surface area contributed by atoms with Gasteiger partial charge in [-0.3, -0.25) is 4.79 Å². The average molecular weight is 393 g/mol. The molecule has 0 unspecified atom stereocenters. The molecular weight excluding hydrogens is 368 g/mol. The van der Waals surface area contributed by atoms with E-state index in [2.05, 4.69) is 37.6 Å². The lowest BCUT2D eigenvalue weighted by molar-refractivity contribution is -0.120. The van der Waals surface area contributed by atoms with Crippen LogP contribution in [-0.4, -0.2) is 45.2 Å². The Balaban J connectivity index is 1.38. The van der Waals surface area contributed by atoms with Crippen LogP contribution in [0.4, 0.5) is 0 Å². The third-order valence-corrected chi connectivity index (χ3v) is 6.67. The molecule has 0 aromatic carbocycles. The molecule has 0 radical (unpaired) electrons. The summed E-state index contributed by atoms with van der Waals surface area (Å²) in [4.78, 5) is 13.7. The second-order valence-electron chi connectivity index (χ2n) is 6.90. The fourth-order valence-electron chi connectivity index (χ4n) is 3.15. The van der Waals surface area contributed by atoms with Gasteiger partial charge in [-0.15, -0.1) is 21.5 Å². The summed E-state index contributed by atoms with van der Waals surface area (Å²) in [5.41, 5.74) is 0. The standard InChI is InChI=1S/C18H24N4O2S2/c1-12(17(23)19-11-14-4-2-8-24-14)26-18-21-20-16(22(18)13-6-7-13)10-15-5-3-9-25-15/h3,5,9,12-14H,2,4,6-8,10-11H2,1H3,(H,19,23)/t12-,14-/m0/s1. The number of carbonyl (C=O) groups is 1. The number of hydrogen-bond donors (Lipinski definition) is 1. The van der Waals surface area contributed by atoms with Gasteiger partial charge in [0.1, 0.15) is 5.82 Å². The molecular formula is C18H24N4O2S2. The summed E-state index contributed by atoms with van der Waals surface area (Å²) in [6.45, 7) is 3.34. The predicted octanol–water partition coefficient (Wildman–Crippen LogP) is 3.04. The highest BCUT2D eigenvalue weighted by Gasteiger charge is 2.31. The summed E-state index contributed by atoms with van der Waals surface area (Å²) < 4.78 is 7.81. The summed E-state index contributed by atoms with van der Waals surface area (Å²) in [5.74, 6) is 1.04. The number of aromatic nitrogens is 3. The molecule has 1 aliphatic carbocycles. The lowest BCUT2D eigenvalue weighted by atomic mass is 10.2. The van der Waals surface area contributed by atoms with Crippen molar-refractivity contribution in [3.63, 3.8) is 0 Å². The van der Waals surface area contributed by atoms with Gasteiger partial charge in [-0.05, 0) is 44.1 Å². The van der Waals surface area contributed by atoms with Gasteiger partial charge >= 0.3 is 0 Å². The summed E-state index contributed by atoms with van der Waals surface area (Å²) in [6, 6.07) is 4.68. The van der Waals surface area contributed by atoms with Crippen molar-refractivity contribution in [3.8, 4) is 0 Å². The van der Waals surface area contributed by atoms with E-state index in [4.69, 9.17) is 4.74 Å². The minimum absolute atomic E-state index is 0.0376. The van der Waals surface area contributed by atoms with E-state index >= 15 is 0 Å². The number of carbonyl (C=O) groups excluding carboxylic acids is 1. The van der Waals surface area contributed by atoms with E-state index < -0.39 is 0 Å². The van der Waals surface area contributed by atoms with Crippen molar-refractivity contribution >= 4 is 29.0 Å². The lowest BCUT2D eigenvalue weighted by Crippen LogP contribution is -2.36. The summed E-state index contributed by atoms with van der Waals surface area (Å²) >= 11 is 3.24. The molecule has 2 aromatic heterocycles. The predicted molar refractivity (Wildman–Crippen MR) is 103 cm³/mol. The van der Waals surface area contributed by atoms with Crippen LogP contribution in [0.3, 0.4) is 0 Å². The molecule has 1 saturated heterocycles. The van der Waals surface area contributed by atoms with Crippen molar-refractivity contribution in [3.05, 3.63) is 28.2 Å². The van der Waals surface area contributed by atoms with Gasteiger partial charge in [0.05, 0.1) is 11.4 Å². The number of nitrogens with one attached hydrogen (secondary N) is 1. The minimum atomic E-state index is -0.201. The number of ether oxygens (including phenoxy) is 1. The van der Waals surface area contributed by atoms with Crippen molar-refractivity contribution in [1.82, 2.24) is 20.1 Å². The van der Waals surface area contributed by atoms with Gasteiger partial charge in [0.25, 0.3) is 0 Å². The smallest absolute Gasteiger partial charge is 0.233 e. The maximum atomic E-state index is 12.4. The zero-order valence-corrected chi connectivity index (χ0v) is 16.5. The zero-order chi connectivity index (χ0) is 17.9. The molecule has 140 valence electrons. The Morgan fingerprint density at radius 1 is 1.46 bits per heavy atom. The molecule has 1 N–H and O–H groups in total. The van der Waals surface area contributed by atoms with E-state index in [0.717, 1.165) is 36.9 Å². The Kier molecular flexibility index (Phi) is 5.61. The molecule has 2 aliphatic rings. The van der Waals surface area contributed by atoms with Crippen LogP contribution in [0, 0.1) is 0 Å². The Bertz CT molecular complexity index is 736. The fourth-order valence-corrected chi connectivity index (χ4v) is 4.82. The summed E-state index contributed by atoms with van der Waals surface area (Å²) in [6.07, 6.45) is 5.43. The first-order valence-electron chi connectivity index (χ1n) is 9.23. The van der Waals surface area contributed by atoms with Crippen LogP contribution in [0.1, 0.15) is 49.4 Å². The quantitative estimate of drug-likeness (QED) is 0.700. The number of hydrogen-bond acceptors (Lipinski definition) is 6. The monoisotopic (exact) mass is 392 g/mol. The minimum Gasteiger partial charge on any atom is -0.376 e. The van der Waals surface area contributed by atoms with E-state index in [0.29, 0.717) is 12.6 Å². The van der Waals surface area contributed by atoms with E-state index in [-0.39, 0.29) is 17.3 Å². The van der Waals surface area contributed by atoms with Crippen LogP contribution >= 0.6 is 23.1 Å². The first-order valence-corrected chi connectivity index (χ1v) is 11.0. The normalized spacial score (nSPS) is 21.0. The van der Waals surface area contributed by atoms with Crippen LogP contribution in [0.15, 0.2) is 22.7 Å². The van der Waals surface area contributed by atoms with Gasteiger partial charge in [0, 0.05) is 30.5 Å². The van der Waals surface area contributed by atoms with Gasteiger partial charge in [0.2, 0.25) is 5.91 Å². The molecule has 8 heteroatoms. The van der Waals surface area contributed by atoms with Gasteiger partial charge in [-0.1, -0.05) is 17.8 Å². The first-order chi connectivity index (χ1) is 12.7. The van der Waals surface area contributed by atoms with E-state index in [9.17, 15) is 4.79 Å². The van der Waals surface area contributed by atoms with Crippen molar-refractivity contribution in [2.45, 2.75) is 61.6 Å². The van der Waals surface area contributed by atoms with Gasteiger partial charge < -0.3 is 14.6 Å². The highest BCUT2D eigenvalue weighted by Crippen LogP contribution is 2.40. The molecule has 2 atom stereocenters. The third-order valence-electron chi connectivity index (χ3n) is 4.74. The molecule has 4 rings (SSSR count). The van der Waals surface area contributed by atoms with Crippen LogP contribution in [0.5, 0.6) is 0 Å². The van der Waals surface area contributed by atoms with Gasteiger partial charge in [0.15, 0.2) is 5.16 Å². The lowest BCUT2D eigenvalue weighted by Gasteiger charge is -2.15. The number of rotatable bonds is 8. The highest BCUT2D eigenvalue weighted by atomic mass is 32.2. The van der Waals surface area contributed by atoms with Crippen LogP contribution in [-0.2, 0) is 16.0 Å². The molecule has 3 heterocycles. The molecule has 2 fully saturated rings. The highest BCUT2D eigenvalue weighted by molar-refractivity contribution is 8.00. The number of thioether (sulfide) groups is 1. The Morgan fingerprint density at radius 3 is 3.04 bits per heavy atom. The molecule has 1 aliphatic heterocycles. The Labute approximate surface area is 161 Å². The average Bonchev–Trinajstić information content (AvgIpc) is 3.06. The molecule has 6 nitrogen and oxygen atoms in total. The number of nitrogens with zero attached hydrogens (tertiary/aromatic N) is 3. The molecule has 26 heavy (non-hydrogen) atoms. The maximum Gasteiger partial charge on any atom is 0.233 e. The summed E-state index contributed by atoms with van der Waals surface area (Å²) in [7, 11) is 0. The summed E-state index contributed by atoms with van der Waals surface area (Å²) in [5, 5.41) is 14.6. The van der Waals surface area contributed by atoms with E-state index in [1.165, 1.54) is 29.5 Å². The van der Waals surface area contributed by atoms with Crippen molar-refractivity contribution < 1.29 is 9.53 Å². The zero-order valence-electron chi connectivity index (χ0n) is 14.9. The molecule has 2 aromatic rings. The van der Waals surface area contributed by atoms with Gasteiger partial charge in [-0.25, -0.2) is 0 Å². The maximum absolute atomic E-state index is 12.4. The number of amides is 1. The first kappa shape index (κ1) is 18.0. The third kappa shape index (κ3) is 4.29. The topological polar surface area (TPSA) is 69.0 Å². The van der Waals surface area contributed by atoms with Crippen molar-refractivity contribution in [2.24, 2.45) is 0 Å². The van der Waals surface area contributed by atoms with E-state index in [1.54, 1.807) is 11.3 Å². The Morgan fingerprint density at radius 2 is 2.35 bits per heavy atom. The van der Waals surface area contributed by atoms with Gasteiger partial charge in [-0.2, -0.15) is 0 Å². The SMILES string of the molecule is C[C@H](Sc1nnc(Cc2cccs2)n1C1CC1)C(=O)NC[C@@H]1CCCO1. The molecule has 0 spiro atoms. The second kappa shape index (κ2) is 8.10. The molecule has 1 saturated carbocycles. The van der Waals surface area contributed by atoms with Crippen molar-refractivity contribution in [1.29, 1.82) is 0 Å². The van der Waals surface area contributed by atoms with Crippen LogP contribution in [0.25, 0.3) is 0 Å². The Hall–Kier alpha value is -1.38. The van der Waals surface area contributed by atoms with Crippen LogP contribution < -0.4 is 5.32 Å². The fraction of sp³-hybridized carbons (Fsp3) is 0.611.